The van der Waals surface area contributed by atoms with Crippen LogP contribution in [0.4, 0.5) is 0 Å². The molecule has 25 heavy (non-hydrogen) atoms. The minimum atomic E-state index is -3.50. The van der Waals surface area contributed by atoms with Crippen LogP contribution in [-0.2, 0) is 10.0 Å². The van der Waals surface area contributed by atoms with Gasteiger partial charge >= 0.3 is 0 Å². The van der Waals surface area contributed by atoms with E-state index in [0.717, 1.165) is 12.8 Å². The Labute approximate surface area is 151 Å². The lowest BCUT2D eigenvalue weighted by atomic mass is 9.94. The Bertz CT molecular complexity index is 673. The number of piperidine rings is 1. The lowest BCUT2D eigenvalue weighted by molar-refractivity contribution is 0.0952. The van der Waals surface area contributed by atoms with Crippen LogP contribution < -0.4 is 5.32 Å². The van der Waals surface area contributed by atoms with Crippen molar-refractivity contribution in [3.63, 3.8) is 0 Å². The molecule has 6 heteroatoms. The summed E-state index contributed by atoms with van der Waals surface area (Å²) in [6.45, 7) is 10.1. The van der Waals surface area contributed by atoms with Gasteiger partial charge in [0.1, 0.15) is 0 Å². The van der Waals surface area contributed by atoms with E-state index >= 15 is 0 Å². The Balaban J connectivity index is 2.06. The maximum absolute atomic E-state index is 12.8. The van der Waals surface area contributed by atoms with Crippen LogP contribution in [0.5, 0.6) is 0 Å². The number of hydrogen-bond acceptors (Lipinski definition) is 3. The first-order valence-electron chi connectivity index (χ1n) is 9.08. The molecule has 1 aliphatic heterocycles. The first kappa shape index (κ1) is 19.9. The molecule has 0 saturated carbocycles. The van der Waals surface area contributed by atoms with Gasteiger partial charge in [0.05, 0.1) is 4.90 Å². The van der Waals surface area contributed by atoms with Crippen molar-refractivity contribution in [2.24, 2.45) is 17.8 Å². The predicted octanol–water partition coefficient (Wildman–Crippen LogP) is 3.13. The van der Waals surface area contributed by atoms with E-state index in [1.165, 1.54) is 12.1 Å². The standard InChI is InChI=1S/C19H30N2O3S/c1-14(2)9-10-20-19(22)17-5-7-18(8-6-17)25(23,24)21-12-15(3)11-16(4)13-21/h5-8,14-16H,9-13H2,1-4H3,(H,20,22)/t15-,16-/m0/s1. The SMILES string of the molecule is CC(C)CCNC(=O)c1ccc(S(=O)(=O)N2C[C@@H](C)C[C@H](C)C2)cc1. The summed E-state index contributed by atoms with van der Waals surface area (Å²) in [5.74, 6) is 1.10. The summed E-state index contributed by atoms with van der Waals surface area (Å²) in [6.07, 6.45) is 1.98. The lowest BCUT2D eigenvalue weighted by Crippen LogP contribution is -2.42. The van der Waals surface area contributed by atoms with Gasteiger partial charge in [-0.1, -0.05) is 27.7 Å². The molecule has 0 bridgehead atoms. The van der Waals surface area contributed by atoms with Crippen molar-refractivity contribution in [1.29, 1.82) is 0 Å². The van der Waals surface area contributed by atoms with Gasteiger partial charge in [-0.3, -0.25) is 4.79 Å². The fourth-order valence-electron chi connectivity index (χ4n) is 3.31. The number of nitrogens with one attached hydrogen (secondary N) is 1. The Hall–Kier alpha value is -1.40. The maximum atomic E-state index is 12.8. The second kappa shape index (κ2) is 8.32. The van der Waals surface area contributed by atoms with Crippen LogP contribution in [0.2, 0.25) is 0 Å². The molecular weight excluding hydrogens is 336 g/mol. The highest BCUT2D eigenvalue weighted by Gasteiger charge is 2.31. The average molecular weight is 367 g/mol. The van der Waals surface area contributed by atoms with Crippen LogP contribution in [-0.4, -0.2) is 38.3 Å². The Kier molecular flexibility index (Phi) is 6.63. The first-order chi connectivity index (χ1) is 11.7. The smallest absolute Gasteiger partial charge is 0.251 e. The van der Waals surface area contributed by atoms with Gasteiger partial charge in [0, 0.05) is 25.2 Å². The average Bonchev–Trinajstić information content (AvgIpc) is 2.53. The molecule has 1 heterocycles. The molecule has 2 rings (SSSR count). The van der Waals surface area contributed by atoms with Gasteiger partial charge in [-0.25, -0.2) is 8.42 Å². The van der Waals surface area contributed by atoms with Gasteiger partial charge in [0.25, 0.3) is 5.91 Å². The number of carbonyl (C=O) groups is 1. The Morgan fingerprint density at radius 1 is 1.16 bits per heavy atom. The van der Waals surface area contributed by atoms with Crippen molar-refractivity contribution >= 4 is 15.9 Å². The van der Waals surface area contributed by atoms with Crippen LogP contribution in [0.1, 0.15) is 50.9 Å². The summed E-state index contributed by atoms with van der Waals surface area (Å²) in [5, 5.41) is 2.86. The third-order valence-corrected chi connectivity index (χ3v) is 6.44. The summed E-state index contributed by atoms with van der Waals surface area (Å²) in [4.78, 5) is 12.4. The monoisotopic (exact) mass is 366 g/mol. The second-order valence-corrected chi connectivity index (χ2v) is 9.67. The van der Waals surface area contributed by atoms with E-state index in [0.29, 0.717) is 43.0 Å². The van der Waals surface area contributed by atoms with E-state index in [2.05, 4.69) is 33.0 Å². The second-order valence-electron chi connectivity index (χ2n) is 7.73. The van der Waals surface area contributed by atoms with Crippen LogP contribution >= 0.6 is 0 Å². The van der Waals surface area contributed by atoms with Crippen LogP contribution in [0, 0.1) is 17.8 Å². The number of carbonyl (C=O) groups excluding carboxylic acids is 1. The van der Waals surface area contributed by atoms with Gasteiger partial charge in [0.2, 0.25) is 10.0 Å². The largest absolute Gasteiger partial charge is 0.352 e. The molecule has 1 amide bonds. The molecule has 140 valence electrons. The van der Waals surface area contributed by atoms with Gasteiger partial charge in [-0.2, -0.15) is 4.31 Å². The minimum Gasteiger partial charge on any atom is -0.352 e. The zero-order chi connectivity index (χ0) is 18.6. The van der Waals surface area contributed by atoms with Gasteiger partial charge in [0.15, 0.2) is 0 Å². The van der Waals surface area contributed by atoms with E-state index in [4.69, 9.17) is 0 Å². The summed E-state index contributed by atoms with van der Waals surface area (Å²) in [6, 6.07) is 6.26. The molecule has 1 aromatic carbocycles. The molecule has 1 N–H and O–H groups in total. The predicted molar refractivity (Wildman–Crippen MR) is 99.9 cm³/mol. The normalized spacial score (nSPS) is 22.1. The van der Waals surface area contributed by atoms with Crippen molar-refractivity contribution < 1.29 is 13.2 Å². The molecule has 2 atom stereocenters. The van der Waals surface area contributed by atoms with Crippen molar-refractivity contribution in [1.82, 2.24) is 9.62 Å². The fourth-order valence-corrected chi connectivity index (χ4v) is 4.99. The van der Waals surface area contributed by atoms with Crippen molar-refractivity contribution in [3.05, 3.63) is 29.8 Å². The number of nitrogens with zero attached hydrogens (tertiary/aromatic N) is 1. The maximum Gasteiger partial charge on any atom is 0.251 e. The van der Waals surface area contributed by atoms with Crippen molar-refractivity contribution in [3.8, 4) is 0 Å². The zero-order valence-corrected chi connectivity index (χ0v) is 16.5. The summed E-state index contributed by atoms with van der Waals surface area (Å²) in [5.41, 5.74) is 0.489. The van der Waals surface area contributed by atoms with Crippen molar-refractivity contribution in [2.75, 3.05) is 19.6 Å². The van der Waals surface area contributed by atoms with Crippen LogP contribution in [0.3, 0.4) is 0 Å². The third-order valence-electron chi connectivity index (χ3n) is 4.60. The molecule has 0 unspecified atom stereocenters. The highest BCUT2D eigenvalue weighted by atomic mass is 32.2. The minimum absolute atomic E-state index is 0.162. The van der Waals surface area contributed by atoms with Crippen LogP contribution in [0.25, 0.3) is 0 Å². The summed E-state index contributed by atoms with van der Waals surface area (Å²) < 4.78 is 27.2. The third kappa shape index (κ3) is 5.28. The molecule has 0 aromatic heterocycles. The summed E-state index contributed by atoms with van der Waals surface area (Å²) >= 11 is 0. The van der Waals surface area contributed by atoms with E-state index < -0.39 is 10.0 Å². The molecular formula is C19H30N2O3S. The Morgan fingerprint density at radius 3 is 2.24 bits per heavy atom. The highest BCUT2D eigenvalue weighted by Crippen LogP contribution is 2.26. The molecule has 5 nitrogen and oxygen atoms in total. The quantitative estimate of drug-likeness (QED) is 0.841. The number of hydrogen-bond donors (Lipinski definition) is 1. The van der Waals surface area contributed by atoms with E-state index in [1.807, 2.05) is 0 Å². The lowest BCUT2D eigenvalue weighted by Gasteiger charge is -2.34. The van der Waals surface area contributed by atoms with E-state index in [1.54, 1.807) is 16.4 Å². The molecule has 0 spiro atoms. The van der Waals surface area contributed by atoms with E-state index in [9.17, 15) is 13.2 Å². The zero-order valence-electron chi connectivity index (χ0n) is 15.7. The highest BCUT2D eigenvalue weighted by molar-refractivity contribution is 7.89. The molecule has 0 aliphatic carbocycles. The molecule has 1 fully saturated rings. The van der Waals surface area contributed by atoms with Gasteiger partial charge < -0.3 is 5.32 Å². The Morgan fingerprint density at radius 2 is 1.72 bits per heavy atom. The van der Waals surface area contributed by atoms with Gasteiger partial charge in [-0.15, -0.1) is 0 Å². The molecule has 1 aliphatic rings. The van der Waals surface area contributed by atoms with Gasteiger partial charge in [-0.05, 0) is 54.9 Å². The summed E-state index contributed by atoms with van der Waals surface area (Å²) in [7, 11) is -3.50. The number of sulfonamides is 1. The number of rotatable bonds is 6. The van der Waals surface area contributed by atoms with E-state index in [-0.39, 0.29) is 10.8 Å². The molecule has 0 radical (unpaired) electrons. The fraction of sp³-hybridized carbons (Fsp3) is 0.632. The number of benzene rings is 1. The van der Waals surface area contributed by atoms with Crippen LogP contribution in [0.15, 0.2) is 29.2 Å². The topological polar surface area (TPSA) is 66.5 Å². The molecule has 1 saturated heterocycles. The van der Waals surface area contributed by atoms with Crippen molar-refractivity contribution in [2.45, 2.75) is 45.4 Å². The molecule has 1 aromatic rings. The first-order valence-corrected chi connectivity index (χ1v) is 10.5. The number of amides is 1.